The maximum atomic E-state index is 13.2. The van der Waals surface area contributed by atoms with Crippen LogP contribution in [0.4, 0.5) is 4.39 Å². The van der Waals surface area contributed by atoms with Gasteiger partial charge in [0.25, 0.3) is 0 Å². The Labute approximate surface area is 119 Å². The maximum Gasteiger partial charge on any atom is 0.123 e. The van der Waals surface area contributed by atoms with E-state index < -0.39 is 0 Å². The number of nitrogens with two attached hydrogens (primary N) is 1. The van der Waals surface area contributed by atoms with Crippen molar-refractivity contribution in [1.29, 1.82) is 0 Å². The standard InChI is InChI=1S/C16H20FN3/c1-2-20(12-16-5-3-4-8-19-16)11-13-6-7-15(17)9-14(13)10-18/h3-9H,2,10-12,18H2,1H3. The van der Waals surface area contributed by atoms with Crippen LogP contribution in [0.2, 0.25) is 0 Å². The first-order valence-electron chi connectivity index (χ1n) is 6.82. The molecule has 106 valence electrons. The van der Waals surface area contributed by atoms with Gasteiger partial charge in [-0.05, 0) is 41.9 Å². The second-order valence-electron chi connectivity index (χ2n) is 4.74. The Morgan fingerprint density at radius 1 is 1.15 bits per heavy atom. The van der Waals surface area contributed by atoms with E-state index in [-0.39, 0.29) is 5.82 Å². The topological polar surface area (TPSA) is 42.2 Å². The highest BCUT2D eigenvalue weighted by Crippen LogP contribution is 2.14. The number of hydrogen-bond acceptors (Lipinski definition) is 3. The zero-order valence-corrected chi connectivity index (χ0v) is 11.7. The molecule has 0 unspecified atom stereocenters. The summed E-state index contributed by atoms with van der Waals surface area (Å²) in [5.74, 6) is -0.234. The molecule has 1 heterocycles. The monoisotopic (exact) mass is 273 g/mol. The molecule has 0 amide bonds. The summed E-state index contributed by atoms with van der Waals surface area (Å²) in [5, 5.41) is 0. The van der Waals surface area contributed by atoms with E-state index >= 15 is 0 Å². The molecular formula is C16H20FN3. The van der Waals surface area contributed by atoms with Crippen molar-refractivity contribution in [2.45, 2.75) is 26.6 Å². The van der Waals surface area contributed by atoms with Gasteiger partial charge >= 0.3 is 0 Å². The number of benzene rings is 1. The third kappa shape index (κ3) is 3.85. The van der Waals surface area contributed by atoms with Crippen LogP contribution in [0.5, 0.6) is 0 Å². The summed E-state index contributed by atoms with van der Waals surface area (Å²) in [6.07, 6.45) is 1.80. The molecule has 0 atom stereocenters. The minimum atomic E-state index is -0.234. The van der Waals surface area contributed by atoms with Gasteiger partial charge < -0.3 is 5.73 Å². The average molecular weight is 273 g/mol. The highest BCUT2D eigenvalue weighted by molar-refractivity contribution is 5.27. The fourth-order valence-electron chi connectivity index (χ4n) is 2.18. The Morgan fingerprint density at radius 3 is 2.65 bits per heavy atom. The maximum absolute atomic E-state index is 13.2. The Kier molecular flexibility index (Phi) is 5.21. The molecule has 1 aromatic heterocycles. The summed E-state index contributed by atoms with van der Waals surface area (Å²) in [6, 6.07) is 10.7. The van der Waals surface area contributed by atoms with Gasteiger partial charge in [0.05, 0.1) is 5.69 Å². The van der Waals surface area contributed by atoms with Crippen molar-refractivity contribution in [3.8, 4) is 0 Å². The quantitative estimate of drug-likeness (QED) is 0.880. The number of rotatable bonds is 6. The summed E-state index contributed by atoms with van der Waals surface area (Å²) >= 11 is 0. The molecule has 20 heavy (non-hydrogen) atoms. The van der Waals surface area contributed by atoms with E-state index in [1.54, 1.807) is 6.20 Å². The van der Waals surface area contributed by atoms with E-state index in [0.29, 0.717) is 6.54 Å². The summed E-state index contributed by atoms with van der Waals surface area (Å²) in [6.45, 7) is 4.89. The fourth-order valence-corrected chi connectivity index (χ4v) is 2.18. The molecule has 3 nitrogen and oxygen atoms in total. The molecule has 4 heteroatoms. The first kappa shape index (κ1) is 14.6. The first-order chi connectivity index (χ1) is 9.72. The van der Waals surface area contributed by atoms with Crippen LogP contribution in [-0.4, -0.2) is 16.4 Å². The van der Waals surface area contributed by atoms with E-state index in [4.69, 9.17) is 5.73 Å². The molecule has 0 aliphatic carbocycles. The van der Waals surface area contributed by atoms with Crippen LogP contribution >= 0.6 is 0 Å². The van der Waals surface area contributed by atoms with E-state index in [9.17, 15) is 4.39 Å². The molecule has 0 aliphatic heterocycles. The van der Waals surface area contributed by atoms with Gasteiger partial charge in [-0.15, -0.1) is 0 Å². The van der Waals surface area contributed by atoms with E-state index in [0.717, 1.165) is 36.5 Å². The summed E-state index contributed by atoms with van der Waals surface area (Å²) < 4.78 is 13.2. The van der Waals surface area contributed by atoms with Crippen LogP contribution in [0.25, 0.3) is 0 Å². The van der Waals surface area contributed by atoms with Crippen LogP contribution in [-0.2, 0) is 19.6 Å². The van der Waals surface area contributed by atoms with Gasteiger partial charge in [-0.2, -0.15) is 0 Å². The van der Waals surface area contributed by atoms with Gasteiger partial charge in [0.1, 0.15) is 5.82 Å². The molecule has 0 spiro atoms. The SMILES string of the molecule is CCN(Cc1ccccn1)Cc1ccc(F)cc1CN. The van der Waals surface area contributed by atoms with Crippen molar-refractivity contribution in [2.75, 3.05) is 6.54 Å². The zero-order valence-electron chi connectivity index (χ0n) is 11.7. The Balaban J connectivity index is 2.10. The lowest BCUT2D eigenvalue weighted by Gasteiger charge is -2.21. The van der Waals surface area contributed by atoms with E-state index in [2.05, 4.69) is 16.8 Å². The highest BCUT2D eigenvalue weighted by Gasteiger charge is 2.09. The van der Waals surface area contributed by atoms with Crippen LogP contribution in [0.15, 0.2) is 42.6 Å². The molecule has 2 N–H and O–H groups in total. The van der Waals surface area contributed by atoms with Gasteiger partial charge in [0, 0.05) is 25.8 Å². The molecule has 0 saturated carbocycles. The number of pyridine rings is 1. The summed E-state index contributed by atoms with van der Waals surface area (Å²) in [7, 11) is 0. The van der Waals surface area contributed by atoms with Crippen LogP contribution in [0, 0.1) is 5.82 Å². The summed E-state index contributed by atoms with van der Waals surface area (Å²) in [4.78, 5) is 6.60. The number of aromatic nitrogens is 1. The Hall–Kier alpha value is -1.78. The smallest absolute Gasteiger partial charge is 0.123 e. The molecule has 1 aromatic carbocycles. The van der Waals surface area contributed by atoms with Crippen molar-refractivity contribution in [2.24, 2.45) is 5.73 Å². The zero-order chi connectivity index (χ0) is 14.4. The van der Waals surface area contributed by atoms with Crippen molar-refractivity contribution >= 4 is 0 Å². The molecule has 0 saturated heterocycles. The van der Waals surface area contributed by atoms with Gasteiger partial charge in [-0.3, -0.25) is 9.88 Å². The highest BCUT2D eigenvalue weighted by atomic mass is 19.1. The molecule has 2 rings (SSSR count). The van der Waals surface area contributed by atoms with Gasteiger partial charge in [-0.25, -0.2) is 4.39 Å². The van der Waals surface area contributed by atoms with Gasteiger partial charge in [0.15, 0.2) is 0 Å². The fraction of sp³-hybridized carbons (Fsp3) is 0.312. The third-order valence-corrected chi connectivity index (χ3v) is 3.34. The Bertz CT molecular complexity index is 543. The third-order valence-electron chi connectivity index (χ3n) is 3.34. The van der Waals surface area contributed by atoms with E-state index in [1.807, 2.05) is 24.3 Å². The van der Waals surface area contributed by atoms with E-state index in [1.165, 1.54) is 12.1 Å². The largest absolute Gasteiger partial charge is 0.326 e. The molecule has 0 radical (unpaired) electrons. The van der Waals surface area contributed by atoms with Gasteiger partial charge in [0.2, 0.25) is 0 Å². The minimum Gasteiger partial charge on any atom is -0.326 e. The number of hydrogen-bond donors (Lipinski definition) is 1. The van der Waals surface area contributed by atoms with Crippen molar-refractivity contribution in [3.63, 3.8) is 0 Å². The molecular weight excluding hydrogens is 253 g/mol. The lowest BCUT2D eigenvalue weighted by molar-refractivity contribution is 0.267. The first-order valence-corrected chi connectivity index (χ1v) is 6.82. The molecule has 0 aliphatic rings. The van der Waals surface area contributed by atoms with Gasteiger partial charge in [-0.1, -0.05) is 19.1 Å². The minimum absolute atomic E-state index is 0.234. The Morgan fingerprint density at radius 2 is 2.00 bits per heavy atom. The lowest BCUT2D eigenvalue weighted by atomic mass is 10.1. The predicted octanol–water partition coefficient (Wildman–Crippen LogP) is 2.70. The molecule has 0 bridgehead atoms. The van der Waals surface area contributed by atoms with Crippen molar-refractivity contribution in [1.82, 2.24) is 9.88 Å². The lowest BCUT2D eigenvalue weighted by Crippen LogP contribution is -2.23. The molecule has 2 aromatic rings. The predicted molar refractivity (Wildman–Crippen MR) is 78.3 cm³/mol. The second kappa shape index (κ2) is 7.12. The molecule has 0 fully saturated rings. The van der Waals surface area contributed by atoms with Crippen LogP contribution in [0.3, 0.4) is 0 Å². The normalized spacial score (nSPS) is 11.0. The number of halogens is 1. The van der Waals surface area contributed by atoms with Crippen molar-refractivity contribution < 1.29 is 4.39 Å². The number of nitrogens with zero attached hydrogens (tertiary/aromatic N) is 2. The second-order valence-corrected chi connectivity index (χ2v) is 4.74. The summed E-state index contributed by atoms with van der Waals surface area (Å²) in [5.41, 5.74) is 8.67. The van der Waals surface area contributed by atoms with Crippen LogP contribution in [0.1, 0.15) is 23.7 Å². The van der Waals surface area contributed by atoms with Crippen molar-refractivity contribution in [3.05, 3.63) is 65.2 Å². The van der Waals surface area contributed by atoms with Crippen LogP contribution < -0.4 is 5.73 Å². The average Bonchev–Trinajstić information content (AvgIpc) is 2.49.